The zero-order chi connectivity index (χ0) is 13.2. The summed E-state index contributed by atoms with van der Waals surface area (Å²) in [7, 11) is -2.18. The number of amides is 2. The van der Waals surface area contributed by atoms with Gasteiger partial charge in [-0.1, -0.05) is 0 Å². The first-order chi connectivity index (χ1) is 8.52. The van der Waals surface area contributed by atoms with E-state index in [4.69, 9.17) is 0 Å². The van der Waals surface area contributed by atoms with Gasteiger partial charge in [-0.15, -0.1) is 0 Å². The molecule has 8 heteroatoms. The van der Waals surface area contributed by atoms with E-state index in [1.54, 1.807) is 29.2 Å². The number of hydrogen-bond donors (Lipinski definition) is 3. The van der Waals surface area contributed by atoms with Gasteiger partial charge in [0.05, 0.1) is 0 Å². The Balaban J connectivity index is 2.13. The summed E-state index contributed by atoms with van der Waals surface area (Å²) < 4.78 is 27.0. The van der Waals surface area contributed by atoms with Crippen LogP contribution in [0, 0.1) is 0 Å². The maximum atomic E-state index is 11.4. The van der Waals surface area contributed by atoms with Gasteiger partial charge in [-0.05, 0) is 24.3 Å². The number of anilines is 2. The van der Waals surface area contributed by atoms with Crippen LogP contribution in [-0.4, -0.2) is 34.6 Å². The summed E-state index contributed by atoms with van der Waals surface area (Å²) in [6.07, 6.45) is 0. The van der Waals surface area contributed by atoms with E-state index in [0.29, 0.717) is 18.8 Å². The van der Waals surface area contributed by atoms with Gasteiger partial charge in [0, 0.05) is 31.5 Å². The first-order valence-corrected chi connectivity index (χ1v) is 6.87. The highest BCUT2D eigenvalue weighted by atomic mass is 32.2. The lowest BCUT2D eigenvalue weighted by Gasteiger charge is -2.14. The predicted molar refractivity (Wildman–Crippen MR) is 68.8 cm³/mol. The van der Waals surface area contributed by atoms with Crippen LogP contribution in [0.2, 0.25) is 0 Å². The van der Waals surface area contributed by atoms with Crippen molar-refractivity contribution in [3.05, 3.63) is 24.3 Å². The van der Waals surface area contributed by atoms with Crippen LogP contribution in [0.1, 0.15) is 0 Å². The summed E-state index contributed by atoms with van der Waals surface area (Å²) in [5, 5.41) is 2.70. The van der Waals surface area contributed by atoms with Gasteiger partial charge in [-0.2, -0.15) is 8.42 Å². The van der Waals surface area contributed by atoms with Crippen molar-refractivity contribution in [3.63, 3.8) is 0 Å². The molecule has 1 heterocycles. The maximum absolute atomic E-state index is 11.4. The van der Waals surface area contributed by atoms with E-state index in [0.717, 1.165) is 5.69 Å². The topological polar surface area (TPSA) is 90.5 Å². The number of nitrogens with zero attached hydrogens (tertiary/aromatic N) is 1. The molecule has 2 rings (SSSR count). The fraction of sp³-hybridized carbons (Fsp3) is 0.300. The zero-order valence-electron chi connectivity index (χ0n) is 9.80. The third-order valence-corrected chi connectivity index (χ3v) is 3.60. The molecule has 18 heavy (non-hydrogen) atoms. The lowest BCUT2D eigenvalue weighted by molar-refractivity contribution is 0.252. The number of rotatable bonds is 4. The lowest BCUT2D eigenvalue weighted by atomic mass is 10.2. The average molecular weight is 270 g/mol. The molecule has 1 aromatic rings. The molecule has 0 aromatic heterocycles. The van der Waals surface area contributed by atoms with Crippen LogP contribution in [0.3, 0.4) is 0 Å². The SMILES string of the molecule is CNS(=O)(=O)Nc1ccc(N2CCNC2=O)cc1. The monoisotopic (exact) mass is 270 g/mol. The van der Waals surface area contributed by atoms with Gasteiger partial charge in [-0.3, -0.25) is 9.62 Å². The highest BCUT2D eigenvalue weighted by molar-refractivity contribution is 7.90. The van der Waals surface area contributed by atoms with Crippen LogP contribution >= 0.6 is 0 Å². The molecule has 98 valence electrons. The number of carbonyl (C=O) groups is 1. The molecule has 1 fully saturated rings. The molecular weight excluding hydrogens is 256 g/mol. The Morgan fingerprint density at radius 2 is 1.94 bits per heavy atom. The Hall–Kier alpha value is -1.80. The van der Waals surface area contributed by atoms with Crippen molar-refractivity contribution in [3.8, 4) is 0 Å². The van der Waals surface area contributed by atoms with Gasteiger partial charge in [-0.25, -0.2) is 9.52 Å². The Bertz CT molecular complexity index is 541. The van der Waals surface area contributed by atoms with E-state index in [1.807, 2.05) is 0 Å². The molecule has 0 unspecified atom stereocenters. The van der Waals surface area contributed by atoms with Crippen molar-refractivity contribution in [1.82, 2.24) is 10.0 Å². The fourth-order valence-electron chi connectivity index (χ4n) is 1.63. The molecule has 7 nitrogen and oxygen atoms in total. The summed E-state index contributed by atoms with van der Waals surface area (Å²) in [4.78, 5) is 13.0. The quantitative estimate of drug-likeness (QED) is 0.724. The Labute approximate surface area is 105 Å². The third kappa shape index (κ3) is 2.71. The van der Waals surface area contributed by atoms with Crippen LogP contribution in [0.15, 0.2) is 24.3 Å². The molecule has 0 radical (unpaired) electrons. The fourth-order valence-corrected chi connectivity index (χ4v) is 2.18. The lowest BCUT2D eigenvalue weighted by Crippen LogP contribution is -2.28. The number of benzene rings is 1. The summed E-state index contributed by atoms with van der Waals surface area (Å²) in [6, 6.07) is 6.46. The van der Waals surface area contributed by atoms with Gasteiger partial charge < -0.3 is 5.32 Å². The molecule has 0 atom stereocenters. The minimum atomic E-state index is -3.51. The van der Waals surface area contributed by atoms with Gasteiger partial charge in [0.1, 0.15) is 0 Å². The van der Waals surface area contributed by atoms with Gasteiger partial charge in [0.2, 0.25) is 0 Å². The minimum absolute atomic E-state index is 0.140. The minimum Gasteiger partial charge on any atom is -0.336 e. The standard InChI is InChI=1S/C10H14N4O3S/c1-11-18(16,17)13-8-2-4-9(5-3-8)14-7-6-12-10(14)15/h2-5,11,13H,6-7H2,1H3,(H,12,15). The van der Waals surface area contributed by atoms with E-state index in [-0.39, 0.29) is 6.03 Å². The van der Waals surface area contributed by atoms with Crippen molar-refractivity contribution in [2.75, 3.05) is 29.8 Å². The molecule has 1 aliphatic rings. The summed E-state index contributed by atoms with van der Waals surface area (Å²) >= 11 is 0. The first kappa shape index (κ1) is 12.7. The predicted octanol–water partition coefficient (Wildman–Crippen LogP) is 0.0923. The molecule has 3 N–H and O–H groups in total. The van der Waals surface area contributed by atoms with Crippen molar-refractivity contribution in [2.45, 2.75) is 0 Å². The highest BCUT2D eigenvalue weighted by Gasteiger charge is 2.20. The van der Waals surface area contributed by atoms with Crippen molar-refractivity contribution >= 4 is 27.6 Å². The number of carbonyl (C=O) groups excluding carboxylic acids is 1. The first-order valence-electron chi connectivity index (χ1n) is 5.38. The van der Waals surface area contributed by atoms with Crippen LogP contribution < -0.4 is 19.7 Å². The van der Waals surface area contributed by atoms with Gasteiger partial charge >= 0.3 is 6.03 Å². The van der Waals surface area contributed by atoms with Crippen LogP contribution in [-0.2, 0) is 10.2 Å². The zero-order valence-corrected chi connectivity index (χ0v) is 10.6. The van der Waals surface area contributed by atoms with E-state index >= 15 is 0 Å². The largest absolute Gasteiger partial charge is 0.336 e. The van der Waals surface area contributed by atoms with E-state index in [1.165, 1.54) is 7.05 Å². The molecule has 0 saturated carbocycles. The summed E-state index contributed by atoms with van der Waals surface area (Å²) in [5.41, 5.74) is 1.17. The molecule has 2 amide bonds. The Kier molecular flexibility index (Phi) is 3.39. The van der Waals surface area contributed by atoms with Crippen molar-refractivity contribution in [1.29, 1.82) is 0 Å². The van der Waals surface area contributed by atoms with Gasteiger partial charge in [0.15, 0.2) is 0 Å². The van der Waals surface area contributed by atoms with Gasteiger partial charge in [0.25, 0.3) is 10.2 Å². The second kappa shape index (κ2) is 4.83. The van der Waals surface area contributed by atoms with E-state index in [2.05, 4.69) is 14.8 Å². The maximum Gasteiger partial charge on any atom is 0.321 e. The molecule has 0 aliphatic carbocycles. The average Bonchev–Trinajstić information content (AvgIpc) is 2.76. The molecule has 1 aliphatic heterocycles. The summed E-state index contributed by atoms with van der Waals surface area (Å²) in [6.45, 7) is 1.23. The van der Waals surface area contributed by atoms with E-state index < -0.39 is 10.2 Å². The smallest absolute Gasteiger partial charge is 0.321 e. The number of urea groups is 1. The van der Waals surface area contributed by atoms with Crippen LogP contribution in [0.5, 0.6) is 0 Å². The third-order valence-electron chi connectivity index (χ3n) is 2.56. The molecule has 0 spiro atoms. The second-order valence-corrected chi connectivity index (χ2v) is 5.36. The van der Waals surface area contributed by atoms with Crippen LogP contribution in [0.25, 0.3) is 0 Å². The molecule has 0 bridgehead atoms. The Morgan fingerprint density at radius 3 is 2.44 bits per heavy atom. The normalized spacial score (nSPS) is 15.6. The number of nitrogens with one attached hydrogen (secondary N) is 3. The summed E-state index contributed by atoms with van der Waals surface area (Å²) in [5.74, 6) is 0. The van der Waals surface area contributed by atoms with Crippen molar-refractivity contribution in [2.24, 2.45) is 0 Å². The Morgan fingerprint density at radius 1 is 1.28 bits per heavy atom. The number of hydrogen-bond acceptors (Lipinski definition) is 3. The molecule has 1 aromatic carbocycles. The van der Waals surface area contributed by atoms with Crippen LogP contribution in [0.4, 0.5) is 16.2 Å². The second-order valence-electron chi connectivity index (χ2n) is 3.74. The highest BCUT2D eigenvalue weighted by Crippen LogP contribution is 2.19. The van der Waals surface area contributed by atoms with Crippen molar-refractivity contribution < 1.29 is 13.2 Å². The van der Waals surface area contributed by atoms with E-state index in [9.17, 15) is 13.2 Å². The molecular formula is C10H14N4O3S. The molecule has 1 saturated heterocycles.